The van der Waals surface area contributed by atoms with Crippen LogP contribution in [0.3, 0.4) is 0 Å². The molecule has 2 aromatic carbocycles. The summed E-state index contributed by atoms with van der Waals surface area (Å²) in [6, 6.07) is 9.48. The number of benzene rings is 2. The highest BCUT2D eigenvalue weighted by Crippen LogP contribution is 2.28. The maximum Gasteiger partial charge on any atom is 0.289 e. The van der Waals surface area contributed by atoms with Crippen molar-refractivity contribution >= 4 is 33.0 Å². The van der Waals surface area contributed by atoms with Crippen LogP contribution in [0.2, 0.25) is 5.02 Å². The lowest BCUT2D eigenvalue weighted by Gasteiger charge is -2.11. The molecule has 0 aliphatic heterocycles. The quantitative estimate of drug-likeness (QED) is 0.641. The van der Waals surface area contributed by atoms with Crippen molar-refractivity contribution in [1.82, 2.24) is 0 Å². The van der Waals surface area contributed by atoms with Gasteiger partial charge >= 0.3 is 0 Å². The average Bonchev–Trinajstić information content (AvgIpc) is 2.47. The topological polar surface area (TPSA) is 110 Å². The van der Waals surface area contributed by atoms with Crippen LogP contribution in [0.1, 0.15) is 5.56 Å². The molecule has 0 saturated heterocycles. The number of aliphatic hydroxyl groups excluding tert-OH is 1. The minimum atomic E-state index is -4.04. The summed E-state index contributed by atoms with van der Waals surface area (Å²) >= 11 is 5.66. The largest absolute Gasteiger partial charge is 0.392 e. The Morgan fingerprint density at radius 2 is 1.91 bits per heavy atom. The van der Waals surface area contributed by atoms with E-state index >= 15 is 0 Å². The fourth-order valence-electron chi connectivity index (χ4n) is 1.76. The smallest absolute Gasteiger partial charge is 0.289 e. The molecule has 0 atom stereocenters. The van der Waals surface area contributed by atoms with E-state index in [-0.39, 0.29) is 22.2 Å². The first kappa shape index (κ1) is 16.2. The Hall–Kier alpha value is -2.16. The SMILES string of the molecule is O=[N+]([O-])c1cc(S(=O)(=O)Nc2ccccc2CO)ccc1Cl. The van der Waals surface area contributed by atoms with Gasteiger partial charge < -0.3 is 5.11 Å². The van der Waals surface area contributed by atoms with Gasteiger partial charge in [0.1, 0.15) is 5.02 Å². The van der Waals surface area contributed by atoms with Crippen LogP contribution in [0.25, 0.3) is 0 Å². The van der Waals surface area contributed by atoms with Crippen molar-refractivity contribution in [3.63, 3.8) is 0 Å². The molecule has 0 aromatic heterocycles. The average molecular weight is 343 g/mol. The zero-order chi connectivity index (χ0) is 16.3. The molecule has 0 spiro atoms. The van der Waals surface area contributed by atoms with E-state index in [1.165, 1.54) is 12.1 Å². The number of para-hydroxylation sites is 1. The van der Waals surface area contributed by atoms with E-state index in [1.807, 2.05) is 0 Å². The highest BCUT2D eigenvalue weighted by Gasteiger charge is 2.21. The van der Waals surface area contributed by atoms with Gasteiger partial charge in [-0.1, -0.05) is 29.8 Å². The van der Waals surface area contributed by atoms with E-state index in [0.717, 1.165) is 12.1 Å². The molecule has 0 heterocycles. The molecule has 0 unspecified atom stereocenters. The van der Waals surface area contributed by atoms with E-state index in [1.54, 1.807) is 18.2 Å². The second kappa shape index (κ2) is 6.30. The zero-order valence-electron chi connectivity index (χ0n) is 11.1. The van der Waals surface area contributed by atoms with Gasteiger partial charge in [-0.15, -0.1) is 0 Å². The molecule has 0 fully saturated rings. The van der Waals surface area contributed by atoms with Crippen LogP contribution in [0.15, 0.2) is 47.4 Å². The Bertz CT molecular complexity index is 823. The van der Waals surface area contributed by atoms with Crippen molar-refractivity contribution in [3.05, 3.63) is 63.2 Å². The molecular formula is C13H11ClN2O5S. The maximum absolute atomic E-state index is 12.3. The molecule has 0 aliphatic rings. The lowest BCUT2D eigenvalue weighted by atomic mass is 10.2. The third-order valence-corrected chi connectivity index (χ3v) is 4.54. The van der Waals surface area contributed by atoms with Crippen molar-refractivity contribution < 1.29 is 18.4 Å². The summed E-state index contributed by atoms with van der Waals surface area (Å²) in [5.41, 5.74) is 0.0807. The van der Waals surface area contributed by atoms with Gasteiger partial charge in [0.15, 0.2) is 0 Å². The number of aliphatic hydroxyl groups is 1. The summed E-state index contributed by atoms with van der Waals surface area (Å²) in [4.78, 5) is 9.78. The van der Waals surface area contributed by atoms with Crippen molar-refractivity contribution in [2.45, 2.75) is 11.5 Å². The Morgan fingerprint density at radius 1 is 1.23 bits per heavy atom. The van der Waals surface area contributed by atoms with Gasteiger partial charge in [-0.3, -0.25) is 14.8 Å². The Morgan fingerprint density at radius 3 is 2.55 bits per heavy atom. The van der Waals surface area contributed by atoms with Crippen LogP contribution < -0.4 is 4.72 Å². The first-order valence-corrected chi connectivity index (χ1v) is 7.87. The van der Waals surface area contributed by atoms with Gasteiger partial charge in [-0.25, -0.2) is 8.42 Å². The zero-order valence-corrected chi connectivity index (χ0v) is 12.6. The third kappa shape index (κ3) is 3.35. The number of rotatable bonds is 5. The van der Waals surface area contributed by atoms with Crippen LogP contribution in [0, 0.1) is 10.1 Å². The van der Waals surface area contributed by atoms with Crippen molar-refractivity contribution in [1.29, 1.82) is 0 Å². The third-order valence-electron chi connectivity index (χ3n) is 2.86. The lowest BCUT2D eigenvalue weighted by Crippen LogP contribution is -2.14. The van der Waals surface area contributed by atoms with Gasteiger partial charge in [0.05, 0.1) is 22.1 Å². The molecule has 2 aromatic rings. The van der Waals surface area contributed by atoms with Gasteiger partial charge in [0.25, 0.3) is 15.7 Å². The number of hydrogen-bond acceptors (Lipinski definition) is 5. The maximum atomic E-state index is 12.3. The first-order chi connectivity index (χ1) is 10.3. The number of sulfonamides is 1. The number of halogens is 1. The van der Waals surface area contributed by atoms with Crippen LogP contribution in [0.4, 0.5) is 11.4 Å². The van der Waals surface area contributed by atoms with E-state index in [0.29, 0.717) is 5.56 Å². The molecule has 0 radical (unpaired) electrons. The van der Waals surface area contributed by atoms with E-state index in [9.17, 15) is 23.6 Å². The Kier molecular flexibility index (Phi) is 4.65. The number of nitrogens with zero attached hydrogens (tertiary/aromatic N) is 1. The van der Waals surface area contributed by atoms with Crippen LogP contribution >= 0.6 is 11.6 Å². The number of nitro benzene ring substituents is 1. The number of hydrogen-bond donors (Lipinski definition) is 2. The molecule has 0 aliphatic carbocycles. The Labute approximate surface area is 131 Å². The molecular weight excluding hydrogens is 332 g/mol. The minimum Gasteiger partial charge on any atom is -0.392 e. The summed E-state index contributed by atoms with van der Waals surface area (Å²) in [5.74, 6) is 0. The van der Waals surface area contributed by atoms with Crippen molar-refractivity contribution in [2.24, 2.45) is 0 Å². The number of nitrogens with one attached hydrogen (secondary N) is 1. The molecule has 0 bridgehead atoms. The van der Waals surface area contributed by atoms with E-state index < -0.39 is 20.6 Å². The highest BCUT2D eigenvalue weighted by atomic mass is 35.5. The molecule has 0 saturated carbocycles. The fourth-order valence-corrected chi connectivity index (χ4v) is 3.07. The predicted molar refractivity (Wildman–Crippen MR) is 81.3 cm³/mol. The van der Waals surface area contributed by atoms with Gasteiger partial charge in [-0.2, -0.15) is 0 Å². The monoisotopic (exact) mass is 342 g/mol. The summed E-state index contributed by atoms with van der Waals surface area (Å²) in [5, 5.41) is 19.9. The summed E-state index contributed by atoms with van der Waals surface area (Å²) in [7, 11) is -4.04. The van der Waals surface area contributed by atoms with Gasteiger partial charge in [-0.05, 0) is 18.2 Å². The van der Waals surface area contributed by atoms with Crippen LogP contribution in [-0.4, -0.2) is 18.4 Å². The molecule has 7 nitrogen and oxygen atoms in total. The van der Waals surface area contributed by atoms with Crippen LogP contribution in [-0.2, 0) is 16.6 Å². The molecule has 9 heteroatoms. The minimum absolute atomic E-state index is 0.153. The summed E-state index contributed by atoms with van der Waals surface area (Å²) < 4.78 is 26.9. The van der Waals surface area contributed by atoms with Gasteiger partial charge in [0.2, 0.25) is 0 Å². The fraction of sp³-hybridized carbons (Fsp3) is 0.0769. The first-order valence-electron chi connectivity index (χ1n) is 6.00. The lowest BCUT2D eigenvalue weighted by molar-refractivity contribution is -0.384. The number of nitro groups is 1. The summed E-state index contributed by atoms with van der Waals surface area (Å²) in [6.07, 6.45) is 0. The second-order valence-electron chi connectivity index (χ2n) is 4.29. The Balaban J connectivity index is 2.43. The highest BCUT2D eigenvalue weighted by molar-refractivity contribution is 7.92. The van der Waals surface area contributed by atoms with E-state index in [4.69, 9.17) is 11.6 Å². The predicted octanol–water partition coefficient (Wildman–Crippen LogP) is 2.54. The second-order valence-corrected chi connectivity index (χ2v) is 6.38. The van der Waals surface area contributed by atoms with E-state index in [2.05, 4.69) is 4.72 Å². The summed E-state index contributed by atoms with van der Waals surface area (Å²) in [6.45, 7) is -0.348. The van der Waals surface area contributed by atoms with Crippen LogP contribution in [0.5, 0.6) is 0 Å². The standard InChI is InChI=1S/C13H11ClN2O5S/c14-11-6-5-10(7-13(11)16(18)19)22(20,21)15-12-4-2-1-3-9(12)8-17/h1-7,15,17H,8H2. The molecule has 2 N–H and O–H groups in total. The van der Waals surface area contributed by atoms with Crippen molar-refractivity contribution in [2.75, 3.05) is 4.72 Å². The molecule has 0 amide bonds. The number of anilines is 1. The molecule has 116 valence electrons. The van der Waals surface area contributed by atoms with Crippen molar-refractivity contribution in [3.8, 4) is 0 Å². The van der Waals surface area contributed by atoms with Gasteiger partial charge in [0, 0.05) is 11.6 Å². The normalized spacial score (nSPS) is 11.2. The molecule has 22 heavy (non-hydrogen) atoms. The molecule has 2 rings (SSSR count).